The van der Waals surface area contributed by atoms with Crippen LogP contribution in [0.15, 0.2) is 29.8 Å². The van der Waals surface area contributed by atoms with E-state index < -0.39 is 0 Å². The number of thiazole rings is 1. The van der Waals surface area contributed by atoms with Crippen LogP contribution in [0, 0.1) is 0 Å². The maximum absolute atomic E-state index is 12.1. The van der Waals surface area contributed by atoms with E-state index in [1.807, 2.05) is 23.6 Å². The molecule has 2 aliphatic rings. The Balaban J connectivity index is 1.21. The lowest BCUT2D eigenvalue weighted by atomic mass is 10.2. The van der Waals surface area contributed by atoms with E-state index in [1.165, 1.54) is 11.3 Å². The molecular weight excluding hydrogens is 352 g/mol. The molecule has 1 saturated carbocycles. The SMILES string of the molecule is O=C(CCc1csc(-c2ccccn2)n1)NCC1CN(C2CC2)C(=O)O1. The van der Waals surface area contributed by atoms with Gasteiger partial charge in [-0.3, -0.25) is 9.78 Å². The van der Waals surface area contributed by atoms with Gasteiger partial charge in [-0.05, 0) is 31.4 Å². The number of aryl methyl sites for hydroxylation is 1. The minimum Gasteiger partial charge on any atom is -0.442 e. The van der Waals surface area contributed by atoms with Gasteiger partial charge in [0.15, 0.2) is 0 Å². The number of hydrogen-bond acceptors (Lipinski definition) is 6. The first-order valence-corrected chi connectivity index (χ1v) is 9.67. The van der Waals surface area contributed by atoms with Crippen LogP contribution in [0.4, 0.5) is 4.79 Å². The second-order valence-corrected chi connectivity index (χ2v) is 7.41. The summed E-state index contributed by atoms with van der Waals surface area (Å²) in [5.41, 5.74) is 1.73. The highest BCUT2D eigenvalue weighted by molar-refractivity contribution is 7.13. The number of pyridine rings is 1. The maximum Gasteiger partial charge on any atom is 0.410 e. The molecule has 7 nitrogen and oxygen atoms in total. The van der Waals surface area contributed by atoms with Crippen molar-refractivity contribution in [1.29, 1.82) is 0 Å². The summed E-state index contributed by atoms with van der Waals surface area (Å²) in [6.07, 6.45) is 4.29. The summed E-state index contributed by atoms with van der Waals surface area (Å²) >= 11 is 1.53. The second kappa shape index (κ2) is 7.41. The molecule has 1 atom stereocenters. The topological polar surface area (TPSA) is 84.4 Å². The number of amides is 2. The Kier molecular flexibility index (Phi) is 4.83. The second-order valence-electron chi connectivity index (χ2n) is 6.55. The number of nitrogens with zero attached hydrogens (tertiary/aromatic N) is 3. The molecule has 2 fully saturated rings. The fourth-order valence-corrected chi connectivity index (χ4v) is 3.75. The Morgan fingerprint density at radius 1 is 1.38 bits per heavy atom. The molecule has 1 saturated heterocycles. The number of nitrogens with one attached hydrogen (secondary N) is 1. The van der Waals surface area contributed by atoms with Crippen molar-refractivity contribution in [3.63, 3.8) is 0 Å². The van der Waals surface area contributed by atoms with Gasteiger partial charge in [-0.2, -0.15) is 0 Å². The van der Waals surface area contributed by atoms with E-state index in [0.717, 1.165) is 29.2 Å². The van der Waals surface area contributed by atoms with Gasteiger partial charge in [0, 0.05) is 24.0 Å². The van der Waals surface area contributed by atoms with Crippen LogP contribution in [0.2, 0.25) is 0 Å². The third-order valence-corrected chi connectivity index (χ3v) is 5.37. The van der Waals surface area contributed by atoms with Crippen molar-refractivity contribution in [2.75, 3.05) is 13.1 Å². The van der Waals surface area contributed by atoms with Gasteiger partial charge in [-0.1, -0.05) is 6.07 Å². The molecule has 2 aromatic rings. The Bertz CT molecular complexity index is 791. The average molecular weight is 372 g/mol. The Labute approximate surface area is 155 Å². The van der Waals surface area contributed by atoms with E-state index in [4.69, 9.17) is 4.74 Å². The number of aromatic nitrogens is 2. The minimum atomic E-state index is -0.253. The van der Waals surface area contributed by atoms with Crippen molar-refractivity contribution >= 4 is 23.3 Å². The van der Waals surface area contributed by atoms with Crippen LogP contribution in [-0.4, -0.2) is 52.1 Å². The zero-order valence-corrected chi connectivity index (χ0v) is 15.1. The molecule has 1 unspecified atom stereocenters. The molecule has 4 rings (SSSR count). The number of cyclic esters (lactones) is 1. The molecule has 136 valence electrons. The van der Waals surface area contributed by atoms with Gasteiger partial charge >= 0.3 is 6.09 Å². The van der Waals surface area contributed by atoms with Crippen molar-refractivity contribution in [3.05, 3.63) is 35.5 Å². The van der Waals surface area contributed by atoms with E-state index >= 15 is 0 Å². The Morgan fingerprint density at radius 3 is 3.04 bits per heavy atom. The lowest BCUT2D eigenvalue weighted by Crippen LogP contribution is -2.35. The zero-order chi connectivity index (χ0) is 17.9. The van der Waals surface area contributed by atoms with Gasteiger partial charge < -0.3 is 15.0 Å². The van der Waals surface area contributed by atoms with Crippen molar-refractivity contribution in [1.82, 2.24) is 20.2 Å². The van der Waals surface area contributed by atoms with Gasteiger partial charge in [-0.15, -0.1) is 11.3 Å². The molecule has 1 aliphatic heterocycles. The number of hydrogen-bond donors (Lipinski definition) is 1. The number of carbonyl (C=O) groups is 2. The molecule has 0 radical (unpaired) electrons. The highest BCUT2D eigenvalue weighted by atomic mass is 32.1. The molecule has 0 aromatic carbocycles. The van der Waals surface area contributed by atoms with E-state index in [2.05, 4.69) is 15.3 Å². The van der Waals surface area contributed by atoms with Crippen LogP contribution in [0.25, 0.3) is 10.7 Å². The molecule has 1 N–H and O–H groups in total. The normalized spacial score (nSPS) is 19.5. The highest BCUT2D eigenvalue weighted by Gasteiger charge is 2.40. The maximum atomic E-state index is 12.1. The summed E-state index contributed by atoms with van der Waals surface area (Å²) in [7, 11) is 0. The lowest BCUT2D eigenvalue weighted by molar-refractivity contribution is -0.121. The summed E-state index contributed by atoms with van der Waals surface area (Å²) in [6, 6.07) is 6.06. The van der Waals surface area contributed by atoms with Crippen LogP contribution in [-0.2, 0) is 16.0 Å². The van der Waals surface area contributed by atoms with Gasteiger partial charge in [0.25, 0.3) is 0 Å². The first-order valence-electron chi connectivity index (χ1n) is 8.79. The van der Waals surface area contributed by atoms with Gasteiger partial charge in [-0.25, -0.2) is 9.78 Å². The molecule has 3 heterocycles. The van der Waals surface area contributed by atoms with Crippen molar-refractivity contribution in [3.8, 4) is 10.7 Å². The number of rotatable bonds is 7. The molecule has 2 amide bonds. The zero-order valence-electron chi connectivity index (χ0n) is 14.3. The molecule has 1 aliphatic carbocycles. The quantitative estimate of drug-likeness (QED) is 0.806. The molecule has 2 aromatic heterocycles. The first kappa shape index (κ1) is 17.0. The summed E-state index contributed by atoms with van der Waals surface area (Å²) < 4.78 is 5.30. The van der Waals surface area contributed by atoms with E-state index in [9.17, 15) is 9.59 Å². The Hall–Kier alpha value is -2.48. The van der Waals surface area contributed by atoms with E-state index in [1.54, 1.807) is 11.1 Å². The number of ether oxygens (including phenoxy) is 1. The van der Waals surface area contributed by atoms with Gasteiger partial charge in [0.05, 0.1) is 24.5 Å². The minimum absolute atomic E-state index is 0.0571. The predicted octanol–water partition coefficient (Wildman–Crippen LogP) is 2.24. The van der Waals surface area contributed by atoms with Crippen LogP contribution in [0.3, 0.4) is 0 Å². The number of carbonyl (C=O) groups excluding carboxylic acids is 2. The van der Waals surface area contributed by atoms with Gasteiger partial charge in [0.2, 0.25) is 5.91 Å². The average Bonchev–Trinajstić information content (AvgIpc) is 3.27. The summed E-state index contributed by atoms with van der Waals surface area (Å²) in [6.45, 7) is 0.938. The molecule has 0 bridgehead atoms. The molecule has 0 spiro atoms. The van der Waals surface area contributed by atoms with Crippen LogP contribution >= 0.6 is 11.3 Å². The smallest absolute Gasteiger partial charge is 0.410 e. The third-order valence-electron chi connectivity index (χ3n) is 4.46. The van der Waals surface area contributed by atoms with E-state index in [0.29, 0.717) is 32.0 Å². The van der Waals surface area contributed by atoms with Gasteiger partial charge in [0.1, 0.15) is 11.1 Å². The summed E-state index contributed by atoms with van der Waals surface area (Å²) in [5.74, 6) is -0.0571. The van der Waals surface area contributed by atoms with Crippen LogP contribution in [0.5, 0.6) is 0 Å². The van der Waals surface area contributed by atoms with E-state index in [-0.39, 0.29) is 18.1 Å². The molecule has 8 heteroatoms. The molecule has 26 heavy (non-hydrogen) atoms. The highest BCUT2D eigenvalue weighted by Crippen LogP contribution is 2.30. The Morgan fingerprint density at radius 2 is 2.27 bits per heavy atom. The fourth-order valence-electron chi connectivity index (χ4n) is 2.92. The first-order chi connectivity index (χ1) is 12.7. The lowest BCUT2D eigenvalue weighted by Gasteiger charge is -2.11. The third kappa shape index (κ3) is 4.01. The van der Waals surface area contributed by atoms with Crippen molar-refractivity contribution in [2.45, 2.75) is 37.8 Å². The van der Waals surface area contributed by atoms with Crippen LogP contribution < -0.4 is 5.32 Å². The largest absolute Gasteiger partial charge is 0.442 e. The summed E-state index contributed by atoms with van der Waals surface area (Å²) in [4.78, 5) is 34.4. The monoisotopic (exact) mass is 372 g/mol. The standard InChI is InChI=1S/C18H20N4O3S/c23-16(20-9-14-10-22(13-5-6-13)18(24)25-14)7-4-12-11-26-17(21-12)15-3-1-2-8-19-15/h1-3,8,11,13-14H,4-7,9-10H2,(H,20,23). The predicted molar refractivity (Wildman–Crippen MR) is 96.7 cm³/mol. The summed E-state index contributed by atoms with van der Waals surface area (Å²) in [5, 5.41) is 5.68. The fraction of sp³-hybridized carbons (Fsp3) is 0.444. The van der Waals surface area contributed by atoms with Crippen molar-refractivity contribution < 1.29 is 14.3 Å². The van der Waals surface area contributed by atoms with Crippen LogP contribution in [0.1, 0.15) is 25.0 Å². The van der Waals surface area contributed by atoms with Crippen molar-refractivity contribution in [2.24, 2.45) is 0 Å². The molecular formula is C18H20N4O3S.